The Kier molecular flexibility index (Phi) is 7.18. The van der Waals surface area contributed by atoms with Gasteiger partial charge in [0.1, 0.15) is 10.8 Å². The number of hydrogen-bond acceptors (Lipinski definition) is 6. The highest BCUT2D eigenvalue weighted by molar-refractivity contribution is 8.00. The smallest absolute Gasteiger partial charge is 0.346 e. The molecule has 0 aliphatic heterocycles. The summed E-state index contributed by atoms with van der Waals surface area (Å²) >= 11 is 13.1. The van der Waals surface area contributed by atoms with Gasteiger partial charge in [-0.25, -0.2) is 18.2 Å². The molecule has 0 aliphatic carbocycles. The van der Waals surface area contributed by atoms with Gasteiger partial charge < -0.3 is 4.74 Å². The van der Waals surface area contributed by atoms with Gasteiger partial charge in [-0.2, -0.15) is 0 Å². The molecule has 0 N–H and O–H groups in total. The highest BCUT2D eigenvalue weighted by Gasteiger charge is 2.19. The van der Waals surface area contributed by atoms with Crippen molar-refractivity contribution in [2.24, 2.45) is 0 Å². The van der Waals surface area contributed by atoms with E-state index in [4.69, 9.17) is 27.9 Å². The number of hydrogen-bond donors (Lipinski definition) is 0. The number of thioether (sulfide) groups is 1. The summed E-state index contributed by atoms with van der Waals surface area (Å²) in [5.74, 6) is -0.324. The number of carbonyl (C=O) groups is 1. The molecule has 3 aromatic rings. The Morgan fingerprint density at radius 3 is 2.52 bits per heavy atom. The van der Waals surface area contributed by atoms with Gasteiger partial charge in [0.2, 0.25) is 0 Å². The van der Waals surface area contributed by atoms with E-state index in [2.05, 4.69) is 4.98 Å². The molecule has 9 heteroatoms. The van der Waals surface area contributed by atoms with Crippen LogP contribution in [0.3, 0.4) is 0 Å². The summed E-state index contributed by atoms with van der Waals surface area (Å²) in [6.45, 7) is 0. The van der Waals surface area contributed by atoms with Crippen LogP contribution in [0.15, 0.2) is 76.8 Å². The summed E-state index contributed by atoms with van der Waals surface area (Å²) in [5.41, 5.74) is 0.223. The molecule has 0 amide bonds. The molecule has 0 aliphatic rings. The Labute approximate surface area is 182 Å². The van der Waals surface area contributed by atoms with Gasteiger partial charge in [-0.15, -0.1) is 11.8 Å². The van der Waals surface area contributed by atoms with Crippen LogP contribution in [0.1, 0.15) is 10.4 Å². The summed E-state index contributed by atoms with van der Waals surface area (Å²) in [6, 6.07) is 15.9. The predicted octanol–water partition coefficient (Wildman–Crippen LogP) is 5.17. The van der Waals surface area contributed by atoms with Gasteiger partial charge >= 0.3 is 5.97 Å². The van der Waals surface area contributed by atoms with Crippen LogP contribution in [0.25, 0.3) is 0 Å². The largest absolute Gasteiger partial charge is 0.421 e. The maximum Gasteiger partial charge on any atom is 0.346 e. The van der Waals surface area contributed by atoms with Gasteiger partial charge in [-0.3, -0.25) is 0 Å². The fraction of sp³-hybridized carbons (Fsp3) is 0.100. The number of rotatable bonds is 7. The molecule has 0 saturated heterocycles. The average molecular weight is 468 g/mol. The fourth-order valence-electron chi connectivity index (χ4n) is 2.37. The normalized spacial score (nSPS) is 11.2. The molecular weight excluding hydrogens is 453 g/mol. The molecule has 29 heavy (non-hydrogen) atoms. The van der Waals surface area contributed by atoms with Gasteiger partial charge in [0, 0.05) is 17.0 Å². The first-order valence-corrected chi connectivity index (χ1v) is 11.8. The van der Waals surface area contributed by atoms with Crippen molar-refractivity contribution in [2.45, 2.75) is 9.92 Å². The van der Waals surface area contributed by atoms with Crippen LogP contribution in [0.5, 0.6) is 5.75 Å². The minimum absolute atomic E-state index is 0.0875. The zero-order valence-corrected chi connectivity index (χ0v) is 18.1. The van der Waals surface area contributed by atoms with Crippen LogP contribution in [-0.4, -0.2) is 30.9 Å². The highest BCUT2D eigenvalue weighted by atomic mass is 35.5. The molecule has 1 heterocycles. The van der Waals surface area contributed by atoms with Gasteiger partial charge in [0.15, 0.2) is 9.84 Å². The molecule has 0 saturated carbocycles. The van der Waals surface area contributed by atoms with E-state index < -0.39 is 15.8 Å². The van der Waals surface area contributed by atoms with Crippen molar-refractivity contribution in [3.05, 3.63) is 82.5 Å². The first-order valence-electron chi connectivity index (χ1n) is 8.40. The lowest BCUT2D eigenvalue weighted by Gasteiger charge is -2.10. The second-order valence-corrected chi connectivity index (χ2v) is 9.84. The van der Waals surface area contributed by atoms with Crippen LogP contribution in [0.2, 0.25) is 10.0 Å². The number of aromatic nitrogens is 1. The predicted molar refractivity (Wildman–Crippen MR) is 115 cm³/mol. The van der Waals surface area contributed by atoms with E-state index in [1.165, 1.54) is 30.1 Å². The Hall–Kier alpha value is -2.06. The van der Waals surface area contributed by atoms with Crippen molar-refractivity contribution in [3.8, 4) is 5.75 Å². The molecule has 0 radical (unpaired) electrons. The van der Waals surface area contributed by atoms with E-state index >= 15 is 0 Å². The molecule has 0 bridgehead atoms. The first kappa shape index (κ1) is 21.6. The summed E-state index contributed by atoms with van der Waals surface area (Å²) in [4.78, 5) is 17.0. The van der Waals surface area contributed by atoms with Crippen LogP contribution in [0, 0.1) is 0 Å². The lowest BCUT2D eigenvalue weighted by atomic mass is 10.3. The molecule has 0 fully saturated rings. The first-order chi connectivity index (χ1) is 13.9. The SMILES string of the molecule is O=C(Oc1ccc(Cl)cc1Cl)c1cccnc1SCCS(=O)(=O)c1ccccc1. The lowest BCUT2D eigenvalue weighted by molar-refractivity contribution is 0.0730. The molecule has 0 spiro atoms. The summed E-state index contributed by atoms with van der Waals surface area (Å²) < 4.78 is 30.1. The summed E-state index contributed by atoms with van der Waals surface area (Å²) in [6.07, 6.45) is 1.53. The molecule has 150 valence electrons. The number of benzene rings is 2. The van der Waals surface area contributed by atoms with Crippen LogP contribution < -0.4 is 4.74 Å². The van der Waals surface area contributed by atoms with Crippen LogP contribution in [-0.2, 0) is 9.84 Å². The van der Waals surface area contributed by atoms with Gasteiger partial charge in [-0.05, 0) is 42.5 Å². The Morgan fingerprint density at radius 1 is 1.03 bits per heavy atom. The van der Waals surface area contributed by atoms with E-state index in [0.29, 0.717) is 10.0 Å². The van der Waals surface area contributed by atoms with Crippen LogP contribution >= 0.6 is 35.0 Å². The van der Waals surface area contributed by atoms with Crippen molar-refractivity contribution in [2.75, 3.05) is 11.5 Å². The minimum Gasteiger partial charge on any atom is -0.421 e. The molecule has 0 atom stereocenters. The molecular formula is C20H15Cl2NO4S2. The van der Waals surface area contributed by atoms with Crippen molar-refractivity contribution < 1.29 is 17.9 Å². The Bertz CT molecular complexity index is 1120. The maximum absolute atomic E-state index is 12.6. The standard InChI is InChI=1S/C20H15Cl2NO4S2/c21-14-8-9-18(17(22)13-14)27-20(24)16-7-4-10-23-19(16)28-11-12-29(25,26)15-5-2-1-3-6-15/h1-10,13H,11-12H2. The number of carbonyl (C=O) groups excluding carboxylic acids is 1. The maximum atomic E-state index is 12.6. The number of sulfone groups is 1. The Morgan fingerprint density at radius 2 is 1.79 bits per heavy atom. The zero-order valence-electron chi connectivity index (χ0n) is 14.9. The van der Waals surface area contributed by atoms with E-state index in [0.717, 1.165) is 0 Å². The highest BCUT2D eigenvalue weighted by Crippen LogP contribution is 2.29. The van der Waals surface area contributed by atoms with E-state index in [9.17, 15) is 13.2 Å². The minimum atomic E-state index is -3.42. The third kappa shape index (κ3) is 5.73. The topological polar surface area (TPSA) is 73.3 Å². The lowest BCUT2D eigenvalue weighted by Crippen LogP contribution is -2.12. The van der Waals surface area contributed by atoms with Gasteiger partial charge in [0.25, 0.3) is 0 Å². The zero-order chi connectivity index (χ0) is 20.9. The fourth-order valence-corrected chi connectivity index (χ4v) is 5.47. The van der Waals surface area contributed by atoms with E-state index in [-0.39, 0.29) is 32.7 Å². The van der Waals surface area contributed by atoms with Crippen LogP contribution in [0.4, 0.5) is 0 Å². The third-order valence-corrected chi connectivity index (χ3v) is 7.31. The van der Waals surface area contributed by atoms with E-state index in [1.807, 2.05) is 0 Å². The number of ether oxygens (including phenoxy) is 1. The summed E-state index contributed by atoms with van der Waals surface area (Å²) in [7, 11) is -3.42. The number of esters is 1. The quantitative estimate of drug-likeness (QED) is 0.271. The molecule has 2 aromatic carbocycles. The number of halogens is 2. The number of nitrogens with zero attached hydrogens (tertiary/aromatic N) is 1. The van der Waals surface area contributed by atoms with E-state index in [1.54, 1.807) is 48.5 Å². The second kappa shape index (κ2) is 9.63. The van der Waals surface area contributed by atoms with Crippen molar-refractivity contribution in [1.29, 1.82) is 0 Å². The molecule has 0 unspecified atom stereocenters. The monoisotopic (exact) mass is 467 g/mol. The molecule has 1 aromatic heterocycles. The second-order valence-electron chi connectivity index (χ2n) is 5.80. The van der Waals surface area contributed by atoms with Crippen molar-refractivity contribution >= 4 is 50.8 Å². The van der Waals surface area contributed by atoms with Gasteiger partial charge in [0.05, 0.1) is 21.2 Å². The van der Waals surface area contributed by atoms with Crippen molar-refractivity contribution in [1.82, 2.24) is 4.98 Å². The van der Waals surface area contributed by atoms with Crippen molar-refractivity contribution in [3.63, 3.8) is 0 Å². The Balaban J connectivity index is 1.69. The number of pyridine rings is 1. The molecule has 5 nitrogen and oxygen atoms in total. The summed E-state index contributed by atoms with van der Waals surface area (Å²) in [5, 5.41) is 1.01. The average Bonchev–Trinajstić information content (AvgIpc) is 2.71. The third-order valence-electron chi connectivity index (χ3n) is 3.78. The van der Waals surface area contributed by atoms with Gasteiger partial charge in [-0.1, -0.05) is 41.4 Å². The molecule has 3 rings (SSSR count).